The van der Waals surface area contributed by atoms with Gasteiger partial charge in [-0.05, 0) is 18.2 Å². The molecule has 0 atom stereocenters. The molecule has 3 rings (SSSR count). The standard InChI is InChI=1S/C11H11N5OS/c1-2-9-13-14-11-16(9)15-10(18-11)6-3-4-7(12)8(17)5-6/h3-5,17H,2,12H2,1H3. The molecular weight excluding hydrogens is 250 g/mol. The molecule has 2 heterocycles. The average molecular weight is 261 g/mol. The maximum atomic E-state index is 9.60. The van der Waals surface area contributed by atoms with Crippen molar-refractivity contribution < 1.29 is 5.11 Å². The quantitative estimate of drug-likeness (QED) is 0.541. The highest BCUT2D eigenvalue weighted by Gasteiger charge is 2.12. The zero-order chi connectivity index (χ0) is 12.7. The number of nitrogens with zero attached hydrogens (tertiary/aromatic N) is 4. The molecular formula is C11H11N5OS. The lowest BCUT2D eigenvalue weighted by Crippen LogP contribution is -1.93. The molecule has 7 heteroatoms. The van der Waals surface area contributed by atoms with Crippen LogP contribution in [0.3, 0.4) is 0 Å². The number of nitrogen functional groups attached to an aromatic ring is 1. The molecule has 3 N–H and O–H groups in total. The maximum Gasteiger partial charge on any atom is 0.234 e. The number of aromatic nitrogens is 4. The van der Waals surface area contributed by atoms with Crippen LogP contribution in [0.25, 0.3) is 15.5 Å². The largest absolute Gasteiger partial charge is 0.506 e. The molecule has 0 spiro atoms. The van der Waals surface area contributed by atoms with E-state index in [2.05, 4.69) is 15.3 Å². The van der Waals surface area contributed by atoms with E-state index in [1.54, 1.807) is 16.6 Å². The van der Waals surface area contributed by atoms with Gasteiger partial charge in [0.05, 0.1) is 5.69 Å². The van der Waals surface area contributed by atoms with Crippen LogP contribution in [0.15, 0.2) is 18.2 Å². The molecule has 0 bridgehead atoms. The number of aryl methyl sites for hydroxylation is 1. The van der Waals surface area contributed by atoms with Crippen LogP contribution in [-0.4, -0.2) is 24.9 Å². The number of anilines is 1. The van der Waals surface area contributed by atoms with E-state index in [9.17, 15) is 5.11 Å². The number of benzene rings is 1. The van der Waals surface area contributed by atoms with Gasteiger partial charge in [-0.25, -0.2) is 0 Å². The monoisotopic (exact) mass is 261 g/mol. The van der Waals surface area contributed by atoms with Crippen molar-refractivity contribution in [1.29, 1.82) is 0 Å². The van der Waals surface area contributed by atoms with E-state index >= 15 is 0 Å². The van der Waals surface area contributed by atoms with Crippen LogP contribution < -0.4 is 5.73 Å². The van der Waals surface area contributed by atoms with E-state index in [1.807, 2.05) is 13.0 Å². The second-order valence-corrected chi connectivity index (χ2v) is 4.80. The van der Waals surface area contributed by atoms with E-state index in [4.69, 9.17) is 5.73 Å². The normalized spacial score (nSPS) is 11.2. The number of phenolic OH excluding ortho intramolecular Hbond substituents is 1. The molecule has 0 aliphatic heterocycles. The van der Waals surface area contributed by atoms with E-state index in [1.165, 1.54) is 11.3 Å². The summed E-state index contributed by atoms with van der Waals surface area (Å²) in [6, 6.07) is 5.09. The predicted molar refractivity (Wildman–Crippen MR) is 69.6 cm³/mol. The number of hydrogen-bond donors (Lipinski definition) is 2. The van der Waals surface area contributed by atoms with Gasteiger partial charge in [0.1, 0.15) is 10.8 Å². The first-order valence-electron chi connectivity index (χ1n) is 5.49. The fourth-order valence-electron chi connectivity index (χ4n) is 1.67. The third kappa shape index (κ3) is 1.60. The highest BCUT2D eigenvalue weighted by Crippen LogP contribution is 2.30. The first-order valence-corrected chi connectivity index (χ1v) is 6.30. The van der Waals surface area contributed by atoms with Crippen molar-refractivity contribution in [2.75, 3.05) is 5.73 Å². The van der Waals surface area contributed by atoms with Crippen molar-refractivity contribution >= 4 is 22.0 Å². The van der Waals surface area contributed by atoms with Crippen molar-refractivity contribution in [3.8, 4) is 16.3 Å². The van der Waals surface area contributed by atoms with Crippen LogP contribution >= 0.6 is 11.3 Å². The Morgan fingerprint density at radius 2 is 2.22 bits per heavy atom. The first-order chi connectivity index (χ1) is 8.69. The van der Waals surface area contributed by atoms with E-state index in [-0.39, 0.29) is 5.75 Å². The summed E-state index contributed by atoms with van der Waals surface area (Å²) < 4.78 is 1.73. The zero-order valence-corrected chi connectivity index (χ0v) is 10.5. The minimum atomic E-state index is 0.0641. The number of rotatable bonds is 2. The number of fused-ring (bicyclic) bond motifs is 1. The Bertz CT molecular complexity index is 717. The van der Waals surface area contributed by atoms with Gasteiger partial charge in [0.2, 0.25) is 4.96 Å². The van der Waals surface area contributed by atoms with Crippen LogP contribution in [0.5, 0.6) is 5.75 Å². The van der Waals surface area contributed by atoms with Crippen molar-refractivity contribution in [2.24, 2.45) is 0 Å². The number of phenols is 1. The second kappa shape index (κ2) is 3.95. The van der Waals surface area contributed by atoms with Gasteiger partial charge in [0, 0.05) is 12.0 Å². The van der Waals surface area contributed by atoms with Crippen molar-refractivity contribution in [3.63, 3.8) is 0 Å². The topological polar surface area (TPSA) is 89.3 Å². The number of nitrogens with two attached hydrogens (primary N) is 1. The van der Waals surface area contributed by atoms with E-state index < -0.39 is 0 Å². The Kier molecular flexibility index (Phi) is 2.41. The maximum absolute atomic E-state index is 9.60. The van der Waals surface area contributed by atoms with Crippen LogP contribution in [0.4, 0.5) is 5.69 Å². The SMILES string of the molecule is CCc1nnc2sc(-c3ccc(N)c(O)c3)nn12. The van der Waals surface area contributed by atoms with Crippen LogP contribution in [0.1, 0.15) is 12.7 Å². The van der Waals surface area contributed by atoms with Crippen molar-refractivity contribution in [3.05, 3.63) is 24.0 Å². The van der Waals surface area contributed by atoms with Gasteiger partial charge in [-0.2, -0.15) is 9.61 Å². The minimum Gasteiger partial charge on any atom is -0.506 e. The molecule has 1 aromatic carbocycles. The van der Waals surface area contributed by atoms with E-state index in [0.29, 0.717) is 5.69 Å². The van der Waals surface area contributed by atoms with Gasteiger partial charge in [-0.15, -0.1) is 10.2 Å². The lowest BCUT2D eigenvalue weighted by atomic mass is 10.2. The zero-order valence-electron chi connectivity index (χ0n) is 9.66. The Balaban J connectivity index is 2.13. The molecule has 92 valence electrons. The first kappa shape index (κ1) is 11.0. The summed E-state index contributed by atoms with van der Waals surface area (Å²) in [4.78, 5) is 0.748. The van der Waals surface area contributed by atoms with Gasteiger partial charge < -0.3 is 10.8 Å². The predicted octanol–water partition coefficient (Wildman–Crippen LogP) is 1.70. The number of hydrogen-bond acceptors (Lipinski definition) is 6. The molecule has 0 unspecified atom stereocenters. The molecule has 0 radical (unpaired) electrons. The Morgan fingerprint density at radius 3 is 2.94 bits per heavy atom. The molecule has 0 aliphatic carbocycles. The van der Waals surface area contributed by atoms with Crippen LogP contribution in [0.2, 0.25) is 0 Å². The lowest BCUT2D eigenvalue weighted by molar-refractivity contribution is 0.478. The lowest BCUT2D eigenvalue weighted by Gasteiger charge is -2.00. The molecule has 18 heavy (non-hydrogen) atoms. The summed E-state index contributed by atoms with van der Waals surface area (Å²) in [5, 5.41) is 22.9. The summed E-state index contributed by atoms with van der Waals surface area (Å²) in [7, 11) is 0. The summed E-state index contributed by atoms with van der Waals surface area (Å²) >= 11 is 1.43. The number of aromatic hydroxyl groups is 1. The highest BCUT2D eigenvalue weighted by molar-refractivity contribution is 7.19. The molecule has 0 fully saturated rings. The van der Waals surface area contributed by atoms with Gasteiger partial charge in [-0.3, -0.25) is 0 Å². The van der Waals surface area contributed by atoms with Crippen molar-refractivity contribution in [2.45, 2.75) is 13.3 Å². The molecule has 6 nitrogen and oxygen atoms in total. The molecule has 2 aromatic heterocycles. The summed E-state index contributed by atoms with van der Waals surface area (Å²) in [6.07, 6.45) is 0.775. The van der Waals surface area contributed by atoms with Gasteiger partial charge >= 0.3 is 0 Å². The fraction of sp³-hybridized carbons (Fsp3) is 0.182. The third-order valence-electron chi connectivity index (χ3n) is 2.65. The summed E-state index contributed by atoms with van der Waals surface area (Å²) in [5.41, 5.74) is 6.75. The fourth-order valence-corrected chi connectivity index (χ4v) is 2.53. The minimum absolute atomic E-state index is 0.0641. The Hall–Kier alpha value is -2.15. The third-order valence-corrected chi connectivity index (χ3v) is 3.60. The van der Waals surface area contributed by atoms with Crippen LogP contribution in [-0.2, 0) is 6.42 Å². The molecule has 0 saturated heterocycles. The van der Waals surface area contributed by atoms with E-state index in [0.717, 1.165) is 27.8 Å². The summed E-state index contributed by atoms with van der Waals surface area (Å²) in [6.45, 7) is 2.00. The second-order valence-electron chi connectivity index (χ2n) is 3.84. The average Bonchev–Trinajstić information content (AvgIpc) is 2.92. The van der Waals surface area contributed by atoms with Gasteiger partial charge in [-0.1, -0.05) is 18.3 Å². The molecule has 0 amide bonds. The Labute approximate surface area is 107 Å². The summed E-state index contributed by atoms with van der Waals surface area (Å²) in [5.74, 6) is 0.890. The highest BCUT2D eigenvalue weighted by atomic mass is 32.1. The van der Waals surface area contributed by atoms with Crippen LogP contribution in [0, 0.1) is 0 Å². The smallest absolute Gasteiger partial charge is 0.234 e. The van der Waals surface area contributed by atoms with Gasteiger partial charge in [0.15, 0.2) is 5.82 Å². The Morgan fingerprint density at radius 1 is 1.39 bits per heavy atom. The molecule has 3 aromatic rings. The van der Waals surface area contributed by atoms with Crippen molar-refractivity contribution in [1.82, 2.24) is 19.8 Å². The molecule has 0 saturated carbocycles. The van der Waals surface area contributed by atoms with Gasteiger partial charge in [0.25, 0.3) is 0 Å². The molecule has 0 aliphatic rings.